The summed E-state index contributed by atoms with van der Waals surface area (Å²) in [5.41, 5.74) is 6.84. The van der Waals surface area contributed by atoms with Crippen LogP contribution in [-0.2, 0) is 29.3 Å². The van der Waals surface area contributed by atoms with Gasteiger partial charge < -0.3 is 25.7 Å². The Morgan fingerprint density at radius 3 is 2.22 bits per heavy atom. The Morgan fingerprint density at radius 2 is 1.52 bits per heavy atom. The molecule has 1 fully saturated rings. The highest BCUT2D eigenvalue weighted by molar-refractivity contribution is 5.82. The van der Waals surface area contributed by atoms with Crippen molar-refractivity contribution in [3.05, 3.63) is 126 Å². The van der Waals surface area contributed by atoms with Crippen LogP contribution in [0.4, 0.5) is 5.69 Å². The maximum atomic E-state index is 13.5. The van der Waals surface area contributed by atoms with Crippen molar-refractivity contribution in [3.8, 4) is 11.1 Å². The van der Waals surface area contributed by atoms with Crippen LogP contribution in [0.25, 0.3) is 11.1 Å². The van der Waals surface area contributed by atoms with Gasteiger partial charge in [-0.25, -0.2) is 0 Å². The fraction of sp³-hybridized carbons (Fsp3) is 0.342. The van der Waals surface area contributed by atoms with Gasteiger partial charge in [0.2, 0.25) is 5.91 Å². The van der Waals surface area contributed by atoms with Gasteiger partial charge in [0.05, 0.1) is 19.3 Å². The van der Waals surface area contributed by atoms with Crippen LogP contribution in [0.15, 0.2) is 109 Å². The summed E-state index contributed by atoms with van der Waals surface area (Å²) in [6.45, 7) is 4.42. The summed E-state index contributed by atoms with van der Waals surface area (Å²) >= 11 is 0. The Morgan fingerprint density at radius 1 is 0.870 bits per heavy atom. The molecule has 1 saturated heterocycles. The van der Waals surface area contributed by atoms with Crippen molar-refractivity contribution in [3.63, 3.8) is 0 Å². The Labute approximate surface area is 272 Å². The normalized spacial score (nSPS) is 18.7. The summed E-state index contributed by atoms with van der Waals surface area (Å²) in [5, 5.41) is 28.9. The summed E-state index contributed by atoms with van der Waals surface area (Å²) in [5.74, 6) is -0.768. The molecule has 4 N–H and O–H groups in total. The fourth-order valence-corrected chi connectivity index (χ4v) is 6.13. The molecule has 0 spiro atoms. The third kappa shape index (κ3) is 8.81. The molecule has 0 bridgehead atoms. The molecule has 5 rings (SSSR count). The van der Waals surface area contributed by atoms with Gasteiger partial charge in [-0.1, -0.05) is 97.1 Å². The molecule has 1 aliphatic rings. The van der Waals surface area contributed by atoms with Gasteiger partial charge in [-0.2, -0.15) is 5.06 Å². The van der Waals surface area contributed by atoms with Crippen molar-refractivity contribution >= 4 is 11.6 Å². The number of aliphatic hydroxyl groups excluding tert-OH is 2. The van der Waals surface area contributed by atoms with Crippen LogP contribution in [-0.4, -0.2) is 66.2 Å². The van der Waals surface area contributed by atoms with Crippen molar-refractivity contribution in [2.24, 2.45) is 5.92 Å². The zero-order valence-electron chi connectivity index (χ0n) is 26.8. The van der Waals surface area contributed by atoms with Crippen molar-refractivity contribution < 1.29 is 19.8 Å². The number of carbonyl (C=O) groups excluding carboxylic acids is 1. The van der Waals surface area contributed by atoms with E-state index in [2.05, 4.69) is 76.2 Å². The molecule has 242 valence electrons. The molecule has 0 aliphatic carbocycles. The molecule has 1 aliphatic heterocycles. The van der Waals surface area contributed by atoms with Crippen molar-refractivity contribution in [1.82, 2.24) is 15.7 Å². The number of hydrogen-bond donors (Lipinski definition) is 4. The monoisotopic (exact) mass is 622 g/mol. The lowest BCUT2D eigenvalue weighted by Gasteiger charge is -2.27. The molecule has 0 radical (unpaired) electrons. The van der Waals surface area contributed by atoms with Crippen LogP contribution in [0, 0.1) is 5.92 Å². The Kier molecular flexibility index (Phi) is 11.9. The van der Waals surface area contributed by atoms with E-state index in [1.54, 1.807) is 12.0 Å². The Balaban J connectivity index is 1.16. The topological polar surface area (TPSA) is 97.3 Å². The van der Waals surface area contributed by atoms with Crippen LogP contribution in [0.3, 0.4) is 0 Å². The van der Waals surface area contributed by atoms with E-state index in [1.807, 2.05) is 55.6 Å². The molecule has 0 aromatic heterocycles. The molecule has 4 aromatic carbocycles. The average molecular weight is 623 g/mol. The van der Waals surface area contributed by atoms with Gasteiger partial charge in [0, 0.05) is 44.8 Å². The number of hydrogen-bond acceptors (Lipinski definition) is 7. The number of benzene rings is 4. The van der Waals surface area contributed by atoms with Gasteiger partial charge in [-0.3, -0.25) is 9.63 Å². The van der Waals surface area contributed by atoms with E-state index in [-0.39, 0.29) is 12.5 Å². The summed E-state index contributed by atoms with van der Waals surface area (Å²) in [4.78, 5) is 21.8. The molecular formula is C38H46N4O4. The second kappa shape index (κ2) is 16.5. The van der Waals surface area contributed by atoms with E-state index < -0.39 is 24.2 Å². The smallest absolute Gasteiger partial charge is 0.240 e. The standard InChI is InChI=1S/C38H46N4O4/c1-28(44)36-35(27-43)46-42(37(36)38(45)40-21-10-22-41(2)34-15-7-4-8-16-34)26-31-12-9-11-30(23-31)25-39-24-29-17-19-33(20-18-29)32-13-5-3-6-14-32/h3-9,11-20,23,28,35-37,39,43-44H,10,21-22,24-27H2,1-2H3,(H,40,45)/t28-,35-,36+,37-/m1/s1. The number of rotatable bonds is 15. The van der Waals surface area contributed by atoms with E-state index in [0.29, 0.717) is 19.6 Å². The van der Waals surface area contributed by atoms with E-state index >= 15 is 0 Å². The quantitative estimate of drug-likeness (QED) is 0.142. The first-order chi connectivity index (χ1) is 22.4. The zero-order valence-corrected chi connectivity index (χ0v) is 26.8. The largest absolute Gasteiger partial charge is 0.394 e. The fourth-order valence-electron chi connectivity index (χ4n) is 6.13. The highest BCUT2D eigenvalue weighted by Gasteiger charge is 2.49. The minimum Gasteiger partial charge on any atom is -0.394 e. The number of para-hydroxylation sites is 1. The highest BCUT2D eigenvalue weighted by Crippen LogP contribution is 2.32. The lowest BCUT2D eigenvalue weighted by Crippen LogP contribution is -2.49. The lowest BCUT2D eigenvalue weighted by molar-refractivity contribution is -0.181. The number of hydroxylamine groups is 2. The van der Waals surface area contributed by atoms with Crippen LogP contribution in [0.5, 0.6) is 0 Å². The first-order valence-electron chi connectivity index (χ1n) is 16.1. The van der Waals surface area contributed by atoms with Crippen molar-refractivity contribution in [2.45, 2.75) is 51.2 Å². The Hall–Kier alpha value is -4.05. The molecule has 0 saturated carbocycles. The molecule has 8 nitrogen and oxygen atoms in total. The van der Waals surface area contributed by atoms with E-state index in [0.717, 1.165) is 36.3 Å². The number of nitrogens with zero attached hydrogens (tertiary/aromatic N) is 2. The summed E-state index contributed by atoms with van der Waals surface area (Å²) < 4.78 is 0. The number of anilines is 1. The average Bonchev–Trinajstić information content (AvgIpc) is 3.46. The molecule has 1 amide bonds. The molecule has 1 heterocycles. The van der Waals surface area contributed by atoms with Gasteiger partial charge in [0.15, 0.2) is 0 Å². The second-order valence-corrected chi connectivity index (χ2v) is 12.1. The molecular weight excluding hydrogens is 576 g/mol. The number of carbonyl (C=O) groups is 1. The number of nitrogens with one attached hydrogen (secondary N) is 2. The summed E-state index contributed by atoms with van der Waals surface area (Å²) in [6, 6.07) is 36.5. The molecule has 0 unspecified atom stereocenters. The number of aliphatic hydroxyl groups is 2. The van der Waals surface area contributed by atoms with Gasteiger partial charge in [-0.05, 0) is 53.3 Å². The predicted molar refractivity (Wildman–Crippen MR) is 183 cm³/mol. The second-order valence-electron chi connectivity index (χ2n) is 12.1. The lowest BCUT2D eigenvalue weighted by atomic mass is 9.89. The first kappa shape index (κ1) is 33.3. The summed E-state index contributed by atoms with van der Waals surface area (Å²) in [7, 11) is 2.03. The highest BCUT2D eigenvalue weighted by atomic mass is 16.7. The van der Waals surface area contributed by atoms with Gasteiger partial charge in [0.1, 0.15) is 12.1 Å². The zero-order chi connectivity index (χ0) is 32.3. The van der Waals surface area contributed by atoms with Crippen LogP contribution in [0.1, 0.15) is 30.0 Å². The maximum Gasteiger partial charge on any atom is 0.240 e. The Bertz CT molecular complexity index is 1500. The molecule has 4 atom stereocenters. The first-order valence-corrected chi connectivity index (χ1v) is 16.1. The molecule has 46 heavy (non-hydrogen) atoms. The van der Waals surface area contributed by atoms with Crippen LogP contribution >= 0.6 is 0 Å². The number of amides is 1. The SMILES string of the molecule is C[C@@H](O)[C@H]1[C@@H](CO)ON(Cc2cccc(CNCc3ccc(-c4ccccc4)cc3)c2)[C@H]1C(=O)NCCCN(C)c1ccccc1. The van der Waals surface area contributed by atoms with Crippen LogP contribution in [0.2, 0.25) is 0 Å². The molecule has 8 heteroatoms. The third-order valence-corrected chi connectivity index (χ3v) is 8.60. The van der Waals surface area contributed by atoms with Crippen molar-refractivity contribution in [2.75, 3.05) is 31.6 Å². The maximum absolute atomic E-state index is 13.5. The van der Waals surface area contributed by atoms with Gasteiger partial charge in [-0.15, -0.1) is 0 Å². The third-order valence-electron chi connectivity index (χ3n) is 8.60. The van der Waals surface area contributed by atoms with E-state index in [1.165, 1.54) is 16.7 Å². The van der Waals surface area contributed by atoms with Gasteiger partial charge >= 0.3 is 0 Å². The summed E-state index contributed by atoms with van der Waals surface area (Å²) in [6.07, 6.45) is -0.739. The van der Waals surface area contributed by atoms with Crippen LogP contribution < -0.4 is 15.5 Å². The van der Waals surface area contributed by atoms with E-state index in [9.17, 15) is 15.0 Å². The minimum atomic E-state index is -0.834. The van der Waals surface area contributed by atoms with E-state index in [4.69, 9.17) is 4.84 Å². The predicted octanol–water partition coefficient (Wildman–Crippen LogP) is 4.76. The molecule has 4 aromatic rings. The van der Waals surface area contributed by atoms with Crippen molar-refractivity contribution in [1.29, 1.82) is 0 Å². The van der Waals surface area contributed by atoms with Gasteiger partial charge in [0.25, 0.3) is 0 Å². The minimum absolute atomic E-state index is 0.208.